The summed E-state index contributed by atoms with van der Waals surface area (Å²) in [7, 11) is 2.11. The highest BCUT2D eigenvalue weighted by Crippen LogP contribution is 2.23. The van der Waals surface area contributed by atoms with E-state index in [1.165, 1.54) is 0 Å². The Kier molecular flexibility index (Phi) is 2.91. The van der Waals surface area contributed by atoms with E-state index in [2.05, 4.69) is 33.2 Å². The van der Waals surface area contributed by atoms with Gasteiger partial charge in [0.05, 0.1) is 6.20 Å². The second-order valence-electron chi connectivity index (χ2n) is 4.86. The number of aryl methyl sites for hydroxylation is 1. The lowest BCUT2D eigenvalue weighted by atomic mass is 10.1. The molecule has 1 aliphatic rings. The number of hydrogen-bond donors (Lipinski definition) is 1. The van der Waals surface area contributed by atoms with Crippen LogP contribution in [0.3, 0.4) is 0 Å². The molecule has 2 aromatic heterocycles. The molecule has 0 spiro atoms. The number of hydrogen-bond acceptors (Lipinski definition) is 4. The molecule has 2 aromatic rings. The Morgan fingerprint density at radius 2 is 2.17 bits per heavy atom. The third-order valence-corrected chi connectivity index (χ3v) is 3.72. The highest BCUT2D eigenvalue weighted by Gasteiger charge is 2.20. The van der Waals surface area contributed by atoms with Crippen molar-refractivity contribution in [1.29, 1.82) is 0 Å². The number of aromatic amines is 1. The van der Waals surface area contributed by atoms with Crippen molar-refractivity contribution >= 4 is 16.7 Å². The molecule has 18 heavy (non-hydrogen) atoms. The number of ether oxygens (including phenoxy) is 1. The van der Waals surface area contributed by atoms with E-state index in [-0.39, 0.29) is 0 Å². The Labute approximate surface area is 106 Å². The second-order valence-corrected chi connectivity index (χ2v) is 4.86. The van der Waals surface area contributed by atoms with Crippen molar-refractivity contribution in [3.05, 3.63) is 18.0 Å². The van der Waals surface area contributed by atoms with Crippen LogP contribution in [-0.2, 0) is 4.74 Å². The molecule has 0 unspecified atom stereocenters. The molecule has 1 fully saturated rings. The van der Waals surface area contributed by atoms with E-state index in [0.717, 1.165) is 48.5 Å². The van der Waals surface area contributed by atoms with E-state index >= 15 is 0 Å². The Morgan fingerprint density at radius 3 is 2.94 bits per heavy atom. The van der Waals surface area contributed by atoms with Gasteiger partial charge in [0.25, 0.3) is 0 Å². The van der Waals surface area contributed by atoms with Crippen LogP contribution in [0.5, 0.6) is 0 Å². The number of nitrogens with one attached hydrogen (secondary N) is 1. The van der Waals surface area contributed by atoms with E-state index in [9.17, 15) is 0 Å². The lowest BCUT2D eigenvalue weighted by molar-refractivity contribution is 0.0853. The van der Waals surface area contributed by atoms with E-state index in [1.54, 1.807) is 0 Å². The summed E-state index contributed by atoms with van der Waals surface area (Å²) >= 11 is 0. The molecule has 96 valence electrons. The van der Waals surface area contributed by atoms with Gasteiger partial charge in [-0.25, -0.2) is 4.98 Å². The molecule has 3 rings (SSSR count). The van der Waals surface area contributed by atoms with Gasteiger partial charge in [0.2, 0.25) is 0 Å². The van der Waals surface area contributed by atoms with Crippen molar-refractivity contribution in [1.82, 2.24) is 15.2 Å². The quantitative estimate of drug-likeness (QED) is 0.879. The summed E-state index contributed by atoms with van der Waals surface area (Å²) in [5.74, 6) is 1.01. The Morgan fingerprint density at radius 1 is 1.39 bits per heavy atom. The molecule has 0 saturated carbocycles. The summed E-state index contributed by atoms with van der Waals surface area (Å²) in [5.41, 5.74) is 2.02. The fourth-order valence-electron chi connectivity index (χ4n) is 2.48. The summed E-state index contributed by atoms with van der Waals surface area (Å²) in [6, 6.07) is 2.64. The maximum atomic E-state index is 5.40. The molecule has 0 atom stereocenters. The lowest BCUT2D eigenvalue weighted by Crippen LogP contribution is -2.37. The van der Waals surface area contributed by atoms with Gasteiger partial charge in [-0.2, -0.15) is 5.10 Å². The van der Waals surface area contributed by atoms with Crippen LogP contribution in [0, 0.1) is 6.92 Å². The summed E-state index contributed by atoms with van der Waals surface area (Å²) < 4.78 is 5.40. The van der Waals surface area contributed by atoms with Crippen LogP contribution >= 0.6 is 0 Å². The van der Waals surface area contributed by atoms with Crippen LogP contribution in [0.4, 0.5) is 5.82 Å². The minimum atomic E-state index is 0.524. The van der Waals surface area contributed by atoms with Gasteiger partial charge in [0, 0.05) is 37.4 Å². The smallest absolute Gasteiger partial charge is 0.129 e. The first-order valence-corrected chi connectivity index (χ1v) is 6.37. The molecule has 1 saturated heterocycles. The average Bonchev–Trinajstić information content (AvgIpc) is 2.80. The third kappa shape index (κ3) is 1.95. The topological polar surface area (TPSA) is 54.0 Å². The summed E-state index contributed by atoms with van der Waals surface area (Å²) in [4.78, 5) is 6.76. The maximum absolute atomic E-state index is 5.40. The van der Waals surface area contributed by atoms with Crippen molar-refractivity contribution < 1.29 is 4.74 Å². The van der Waals surface area contributed by atoms with Crippen LogP contribution in [0.25, 0.3) is 10.9 Å². The Bertz CT molecular complexity index is 545. The largest absolute Gasteiger partial charge is 0.381 e. The molecule has 5 nitrogen and oxygen atoms in total. The second kappa shape index (κ2) is 4.57. The Balaban J connectivity index is 1.90. The molecule has 3 heterocycles. The molecule has 5 heteroatoms. The van der Waals surface area contributed by atoms with E-state index in [0.29, 0.717) is 6.04 Å². The van der Waals surface area contributed by atoms with Gasteiger partial charge < -0.3 is 9.64 Å². The van der Waals surface area contributed by atoms with Crippen LogP contribution in [-0.4, -0.2) is 41.5 Å². The molecule has 0 aromatic carbocycles. The standard InChI is InChI=1S/C13H18N4O/c1-9-11-7-13(14-8-12(11)16-15-9)17(2)10-3-5-18-6-4-10/h7-8,10H,3-6H2,1-2H3,(H,15,16). The number of H-pyrrole nitrogens is 1. The van der Waals surface area contributed by atoms with Gasteiger partial charge in [-0.3, -0.25) is 5.10 Å². The maximum Gasteiger partial charge on any atom is 0.129 e. The third-order valence-electron chi connectivity index (χ3n) is 3.72. The predicted octanol–water partition coefficient (Wildman–Crippen LogP) is 1.88. The lowest BCUT2D eigenvalue weighted by Gasteiger charge is -2.32. The van der Waals surface area contributed by atoms with Crippen molar-refractivity contribution in [3.63, 3.8) is 0 Å². The fraction of sp³-hybridized carbons (Fsp3) is 0.538. The molecule has 0 aliphatic carbocycles. The van der Waals surface area contributed by atoms with Crippen molar-refractivity contribution in [2.24, 2.45) is 0 Å². The van der Waals surface area contributed by atoms with E-state index < -0.39 is 0 Å². The fourth-order valence-corrected chi connectivity index (χ4v) is 2.48. The van der Waals surface area contributed by atoms with Crippen LogP contribution in [0.2, 0.25) is 0 Å². The molecule has 1 aliphatic heterocycles. The highest BCUT2D eigenvalue weighted by atomic mass is 16.5. The van der Waals surface area contributed by atoms with Gasteiger partial charge in [-0.15, -0.1) is 0 Å². The zero-order valence-corrected chi connectivity index (χ0v) is 10.8. The first-order chi connectivity index (χ1) is 8.75. The van der Waals surface area contributed by atoms with Crippen LogP contribution in [0.1, 0.15) is 18.5 Å². The van der Waals surface area contributed by atoms with Gasteiger partial charge in [0.1, 0.15) is 11.3 Å². The number of fused-ring (bicyclic) bond motifs is 1. The normalized spacial score (nSPS) is 17.2. The Hall–Kier alpha value is -1.62. The monoisotopic (exact) mass is 246 g/mol. The van der Waals surface area contributed by atoms with Crippen LogP contribution in [0.15, 0.2) is 12.3 Å². The first kappa shape index (κ1) is 11.5. The number of pyridine rings is 1. The van der Waals surface area contributed by atoms with Crippen molar-refractivity contribution in [2.75, 3.05) is 25.2 Å². The average molecular weight is 246 g/mol. The van der Waals surface area contributed by atoms with Crippen molar-refractivity contribution in [3.8, 4) is 0 Å². The molecule has 0 bridgehead atoms. The zero-order chi connectivity index (χ0) is 12.5. The van der Waals surface area contributed by atoms with Gasteiger partial charge in [-0.1, -0.05) is 0 Å². The molecular formula is C13H18N4O. The minimum Gasteiger partial charge on any atom is -0.381 e. The summed E-state index contributed by atoms with van der Waals surface area (Å²) in [6.45, 7) is 3.73. The van der Waals surface area contributed by atoms with E-state index in [4.69, 9.17) is 4.74 Å². The number of anilines is 1. The molecule has 0 radical (unpaired) electrons. The zero-order valence-electron chi connectivity index (χ0n) is 10.8. The van der Waals surface area contributed by atoms with Gasteiger partial charge in [-0.05, 0) is 25.8 Å². The highest BCUT2D eigenvalue weighted by molar-refractivity contribution is 5.82. The van der Waals surface area contributed by atoms with E-state index in [1.807, 2.05) is 13.1 Å². The molecule has 1 N–H and O–H groups in total. The molecular weight excluding hydrogens is 228 g/mol. The predicted molar refractivity (Wildman–Crippen MR) is 70.9 cm³/mol. The van der Waals surface area contributed by atoms with Gasteiger partial charge in [0.15, 0.2) is 0 Å². The SMILES string of the molecule is Cc1[nH]nc2cnc(N(C)C3CCOCC3)cc12. The first-order valence-electron chi connectivity index (χ1n) is 6.37. The number of aromatic nitrogens is 3. The minimum absolute atomic E-state index is 0.524. The summed E-state index contributed by atoms with van der Waals surface area (Å²) in [6.07, 6.45) is 3.98. The van der Waals surface area contributed by atoms with Crippen molar-refractivity contribution in [2.45, 2.75) is 25.8 Å². The molecule has 0 amide bonds. The van der Waals surface area contributed by atoms with Gasteiger partial charge >= 0.3 is 0 Å². The number of rotatable bonds is 2. The van der Waals surface area contributed by atoms with Crippen LogP contribution < -0.4 is 4.90 Å². The number of nitrogens with zero attached hydrogens (tertiary/aromatic N) is 3. The summed E-state index contributed by atoms with van der Waals surface area (Å²) in [5, 5.41) is 8.35.